The Morgan fingerprint density at radius 3 is 2.40 bits per heavy atom. The highest BCUT2D eigenvalue weighted by Crippen LogP contribution is 2.51. The van der Waals surface area contributed by atoms with Gasteiger partial charge in [-0.2, -0.15) is 13.2 Å². The van der Waals surface area contributed by atoms with E-state index in [1.807, 2.05) is 54.6 Å². The number of halogens is 3. The molecule has 0 radical (unpaired) electrons. The fourth-order valence-electron chi connectivity index (χ4n) is 6.76. The largest absolute Gasteiger partial charge is 0.405 e. The highest BCUT2D eigenvalue weighted by atomic mass is 19.4. The summed E-state index contributed by atoms with van der Waals surface area (Å²) < 4.78 is 39.7. The van der Waals surface area contributed by atoms with E-state index in [0.717, 1.165) is 36.8 Å². The van der Waals surface area contributed by atoms with E-state index in [1.165, 1.54) is 0 Å². The number of hydrogen-bond donors (Lipinski definition) is 2. The maximum atomic E-state index is 14.8. The molecular formula is C36H35F3N4O2. The van der Waals surface area contributed by atoms with Gasteiger partial charge in [0.2, 0.25) is 5.91 Å². The van der Waals surface area contributed by atoms with Crippen LogP contribution in [0, 0.1) is 0 Å². The average molecular weight is 613 g/mol. The standard InChI is InChI=1S/C36H35F3N4O2/c1-2-3-11-26-31-27(22-12-4-6-14-24(22)32(31)35(45)42-21-36(37,38)39)20-28(33(26)43-19-10-17-30(43)40)34(44)25-15-7-5-13-23(25)29-16-8-9-18-41-29/h4-9,12-16,18,20,30,32H,2-3,10-11,17,19,21,40H2,1H3,(H,42,45). The Hall–Kier alpha value is -4.50. The molecule has 1 saturated heterocycles. The van der Waals surface area contributed by atoms with E-state index in [1.54, 1.807) is 24.4 Å². The first-order chi connectivity index (χ1) is 21.7. The number of ketones is 1. The zero-order chi connectivity index (χ0) is 31.7. The van der Waals surface area contributed by atoms with Gasteiger partial charge in [-0.05, 0) is 71.7 Å². The highest BCUT2D eigenvalue weighted by molar-refractivity contribution is 6.17. The van der Waals surface area contributed by atoms with Gasteiger partial charge in [0.25, 0.3) is 0 Å². The number of nitrogens with two attached hydrogens (primary N) is 1. The number of aromatic nitrogens is 1. The smallest absolute Gasteiger partial charge is 0.355 e. The van der Waals surface area contributed by atoms with E-state index in [2.05, 4.69) is 22.1 Å². The zero-order valence-electron chi connectivity index (χ0n) is 25.0. The van der Waals surface area contributed by atoms with Crippen LogP contribution >= 0.6 is 0 Å². The molecule has 232 valence electrons. The van der Waals surface area contributed by atoms with Crippen molar-refractivity contribution in [2.24, 2.45) is 5.73 Å². The Labute approximate surface area is 260 Å². The molecule has 2 atom stereocenters. The number of carbonyl (C=O) groups is 2. The topological polar surface area (TPSA) is 88.3 Å². The van der Waals surface area contributed by atoms with Crippen LogP contribution in [0.15, 0.2) is 79.0 Å². The predicted octanol–water partition coefficient (Wildman–Crippen LogP) is 7.00. The van der Waals surface area contributed by atoms with Crippen LogP contribution < -0.4 is 16.0 Å². The molecule has 3 aromatic carbocycles. The van der Waals surface area contributed by atoms with Gasteiger partial charge in [-0.15, -0.1) is 0 Å². The summed E-state index contributed by atoms with van der Waals surface area (Å²) in [6, 6.07) is 22.0. The number of alkyl halides is 3. The fourth-order valence-corrected chi connectivity index (χ4v) is 6.76. The molecule has 6 nitrogen and oxygen atoms in total. The van der Waals surface area contributed by atoms with Crippen molar-refractivity contribution in [2.45, 2.75) is 57.3 Å². The minimum Gasteiger partial charge on any atom is -0.355 e. The molecule has 1 amide bonds. The molecule has 6 rings (SSSR count). The Kier molecular flexibility index (Phi) is 8.46. The van der Waals surface area contributed by atoms with Crippen molar-refractivity contribution in [3.8, 4) is 22.4 Å². The van der Waals surface area contributed by atoms with Crippen LogP contribution in [0.3, 0.4) is 0 Å². The fraction of sp³-hybridized carbons (Fsp3) is 0.306. The monoisotopic (exact) mass is 612 g/mol. The van der Waals surface area contributed by atoms with Crippen LogP contribution in [0.5, 0.6) is 0 Å². The molecule has 1 aromatic heterocycles. The molecular weight excluding hydrogens is 577 g/mol. The number of amides is 1. The number of fused-ring (bicyclic) bond motifs is 3. The molecule has 0 bridgehead atoms. The lowest BCUT2D eigenvalue weighted by Gasteiger charge is -2.31. The lowest BCUT2D eigenvalue weighted by atomic mass is 9.84. The van der Waals surface area contributed by atoms with E-state index in [4.69, 9.17) is 5.73 Å². The molecule has 2 aliphatic rings. The molecule has 9 heteroatoms. The van der Waals surface area contributed by atoms with Crippen LogP contribution in [0.2, 0.25) is 0 Å². The SMILES string of the molecule is CCCCc1c2c(cc(C(=O)c3ccccc3-c3ccccn3)c1N1CCCC1N)-c1ccccc1C2C(=O)NCC(F)(F)F. The van der Waals surface area contributed by atoms with Crippen molar-refractivity contribution < 1.29 is 22.8 Å². The minimum absolute atomic E-state index is 0.201. The number of carbonyl (C=O) groups excluding carboxylic acids is 2. The summed E-state index contributed by atoms with van der Waals surface area (Å²) in [4.78, 5) is 35.0. The van der Waals surface area contributed by atoms with Crippen molar-refractivity contribution in [3.63, 3.8) is 0 Å². The Morgan fingerprint density at radius 2 is 1.71 bits per heavy atom. The van der Waals surface area contributed by atoms with Crippen LogP contribution in [-0.4, -0.2) is 42.1 Å². The molecule has 1 aliphatic heterocycles. The van der Waals surface area contributed by atoms with Crippen LogP contribution in [-0.2, 0) is 11.2 Å². The molecule has 2 unspecified atom stereocenters. The van der Waals surface area contributed by atoms with Gasteiger partial charge < -0.3 is 16.0 Å². The second kappa shape index (κ2) is 12.5. The molecule has 45 heavy (non-hydrogen) atoms. The van der Waals surface area contributed by atoms with Gasteiger partial charge in [0.1, 0.15) is 6.54 Å². The van der Waals surface area contributed by atoms with Gasteiger partial charge >= 0.3 is 6.18 Å². The lowest BCUT2D eigenvalue weighted by Crippen LogP contribution is -2.39. The summed E-state index contributed by atoms with van der Waals surface area (Å²) in [7, 11) is 0. The number of anilines is 1. The van der Waals surface area contributed by atoms with Crippen LogP contribution in [0.1, 0.15) is 71.1 Å². The third kappa shape index (κ3) is 5.84. The van der Waals surface area contributed by atoms with Gasteiger partial charge in [-0.1, -0.05) is 67.9 Å². The Bertz CT molecular complexity index is 1740. The van der Waals surface area contributed by atoms with Crippen molar-refractivity contribution in [2.75, 3.05) is 18.0 Å². The number of hydrogen-bond acceptors (Lipinski definition) is 5. The summed E-state index contributed by atoms with van der Waals surface area (Å²) >= 11 is 0. The summed E-state index contributed by atoms with van der Waals surface area (Å²) in [5.41, 5.74) is 13.2. The number of benzene rings is 3. The van der Waals surface area contributed by atoms with Crippen molar-refractivity contribution in [3.05, 3.63) is 107 Å². The molecule has 3 N–H and O–H groups in total. The van der Waals surface area contributed by atoms with Crippen LogP contribution in [0.25, 0.3) is 22.4 Å². The van der Waals surface area contributed by atoms with Crippen molar-refractivity contribution >= 4 is 17.4 Å². The van der Waals surface area contributed by atoms with E-state index in [9.17, 15) is 22.8 Å². The Morgan fingerprint density at radius 1 is 0.978 bits per heavy atom. The molecule has 4 aromatic rings. The number of nitrogens with zero attached hydrogens (tertiary/aromatic N) is 2. The number of rotatable bonds is 9. The number of pyridine rings is 1. The average Bonchev–Trinajstić information content (AvgIpc) is 3.62. The van der Waals surface area contributed by atoms with Gasteiger partial charge in [-0.25, -0.2) is 0 Å². The van der Waals surface area contributed by atoms with E-state index >= 15 is 0 Å². The summed E-state index contributed by atoms with van der Waals surface area (Å²) in [6.45, 7) is 1.26. The van der Waals surface area contributed by atoms with Crippen molar-refractivity contribution in [1.29, 1.82) is 0 Å². The summed E-state index contributed by atoms with van der Waals surface area (Å²) in [6.07, 6.45) is 0.505. The third-order valence-corrected chi connectivity index (χ3v) is 8.74. The highest BCUT2D eigenvalue weighted by Gasteiger charge is 2.41. The molecule has 1 fully saturated rings. The third-order valence-electron chi connectivity index (χ3n) is 8.74. The van der Waals surface area contributed by atoms with Gasteiger partial charge in [0.15, 0.2) is 5.78 Å². The molecule has 0 spiro atoms. The maximum Gasteiger partial charge on any atom is 0.405 e. The van der Waals surface area contributed by atoms with Crippen molar-refractivity contribution in [1.82, 2.24) is 10.3 Å². The summed E-state index contributed by atoms with van der Waals surface area (Å²) in [5.74, 6) is -1.87. The first-order valence-corrected chi connectivity index (χ1v) is 15.4. The van der Waals surface area contributed by atoms with E-state index < -0.39 is 24.5 Å². The second-order valence-electron chi connectivity index (χ2n) is 11.7. The lowest BCUT2D eigenvalue weighted by molar-refractivity contribution is -0.138. The number of unbranched alkanes of at least 4 members (excludes halogenated alkanes) is 1. The zero-order valence-corrected chi connectivity index (χ0v) is 25.0. The number of nitrogens with one attached hydrogen (secondary N) is 1. The van der Waals surface area contributed by atoms with Gasteiger partial charge in [-0.3, -0.25) is 14.6 Å². The molecule has 1 aliphatic carbocycles. The molecule has 0 saturated carbocycles. The van der Waals surface area contributed by atoms with Crippen LogP contribution in [0.4, 0.5) is 18.9 Å². The first-order valence-electron chi connectivity index (χ1n) is 15.4. The van der Waals surface area contributed by atoms with Gasteiger partial charge in [0, 0.05) is 29.4 Å². The van der Waals surface area contributed by atoms with E-state index in [-0.39, 0.29) is 11.9 Å². The maximum absolute atomic E-state index is 14.8. The van der Waals surface area contributed by atoms with E-state index in [0.29, 0.717) is 57.7 Å². The quantitative estimate of drug-likeness (QED) is 0.199. The predicted molar refractivity (Wildman–Crippen MR) is 169 cm³/mol. The normalized spacial score (nSPS) is 17.2. The molecule has 2 heterocycles. The second-order valence-corrected chi connectivity index (χ2v) is 11.7. The summed E-state index contributed by atoms with van der Waals surface area (Å²) in [5, 5.41) is 2.14. The first kappa shape index (κ1) is 30.5. The minimum atomic E-state index is -4.55. The Balaban J connectivity index is 1.61. The van der Waals surface area contributed by atoms with Gasteiger partial charge in [0.05, 0.1) is 23.5 Å².